The molecule has 7 heteroatoms. The van der Waals surface area contributed by atoms with Gasteiger partial charge in [0.15, 0.2) is 0 Å². The van der Waals surface area contributed by atoms with Crippen LogP contribution in [0.3, 0.4) is 0 Å². The van der Waals surface area contributed by atoms with Gasteiger partial charge in [-0.3, -0.25) is 4.90 Å². The Hall–Kier alpha value is -2.02. The van der Waals surface area contributed by atoms with Gasteiger partial charge < -0.3 is 9.84 Å². The molecule has 21 heavy (non-hydrogen) atoms. The topological polar surface area (TPSA) is 49.8 Å². The van der Waals surface area contributed by atoms with Crippen molar-refractivity contribution in [1.29, 1.82) is 0 Å². The second-order valence-corrected chi connectivity index (χ2v) is 4.54. The Morgan fingerprint density at radius 2 is 2.10 bits per heavy atom. The number of carboxylic acids is 1. The number of hydrogen-bond donors (Lipinski definition) is 1. The van der Waals surface area contributed by atoms with Gasteiger partial charge >= 0.3 is 12.1 Å². The lowest BCUT2D eigenvalue weighted by Gasteiger charge is -2.19. The van der Waals surface area contributed by atoms with E-state index in [4.69, 9.17) is 9.84 Å². The Morgan fingerprint density at radius 3 is 2.62 bits per heavy atom. The van der Waals surface area contributed by atoms with E-state index < -0.39 is 18.7 Å². The van der Waals surface area contributed by atoms with E-state index in [9.17, 15) is 18.0 Å². The molecule has 4 nitrogen and oxygen atoms in total. The summed E-state index contributed by atoms with van der Waals surface area (Å²) >= 11 is 0. The largest absolute Gasteiger partial charge is 0.496 e. The number of halogens is 3. The highest BCUT2D eigenvalue weighted by Gasteiger charge is 2.29. The van der Waals surface area contributed by atoms with Crippen molar-refractivity contribution >= 4 is 12.0 Å². The third-order valence-corrected chi connectivity index (χ3v) is 2.60. The Kier molecular flexibility index (Phi) is 5.78. The maximum atomic E-state index is 12.3. The molecule has 0 atom stereocenters. The summed E-state index contributed by atoms with van der Waals surface area (Å²) in [6, 6.07) is 4.84. The number of hydrogen-bond acceptors (Lipinski definition) is 3. The van der Waals surface area contributed by atoms with Crippen molar-refractivity contribution in [2.45, 2.75) is 12.7 Å². The molecule has 0 amide bonds. The van der Waals surface area contributed by atoms with Crippen LogP contribution in [0.5, 0.6) is 5.75 Å². The average molecular weight is 303 g/mol. The summed E-state index contributed by atoms with van der Waals surface area (Å²) in [6.07, 6.45) is -1.97. The van der Waals surface area contributed by atoms with Gasteiger partial charge in [-0.25, -0.2) is 4.79 Å². The summed E-state index contributed by atoms with van der Waals surface area (Å²) in [5, 5.41) is 8.62. The number of benzene rings is 1. The van der Waals surface area contributed by atoms with Crippen molar-refractivity contribution in [2.24, 2.45) is 0 Å². The fraction of sp³-hybridized carbons (Fsp3) is 0.357. The molecule has 116 valence electrons. The van der Waals surface area contributed by atoms with E-state index in [1.165, 1.54) is 20.2 Å². The summed E-state index contributed by atoms with van der Waals surface area (Å²) in [7, 11) is 2.80. The van der Waals surface area contributed by atoms with Crippen molar-refractivity contribution in [3.63, 3.8) is 0 Å². The van der Waals surface area contributed by atoms with E-state index in [0.717, 1.165) is 11.0 Å². The molecule has 0 aliphatic carbocycles. The van der Waals surface area contributed by atoms with Crippen LogP contribution < -0.4 is 4.74 Å². The van der Waals surface area contributed by atoms with Crippen LogP contribution in [-0.4, -0.2) is 42.9 Å². The van der Waals surface area contributed by atoms with Gasteiger partial charge in [0, 0.05) is 18.2 Å². The Bertz CT molecular complexity index is 527. The Labute approximate surface area is 120 Å². The number of ether oxygens (including phenoxy) is 1. The highest BCUT2D eigenvalue weighted by molar-refractivity contribution is 5.85. The molecule has 0 aliphatic heterocycles. The van der Waals surface area contributed by atoms with Crippen LogP contribution in [0.1, 0.15) is 11.1 Å². The molecule has 1 aromatic carbocycles. The number of alkyl halides is 3. The van der Waals surface area contributed by atoms with E-state index in [1.54, 1.807) is 18.2 Å². The molecule has 1 rings (SSSR count). The number of methoxy groups -OCH3 is 1. The second kappa shape index (κ2) is 7.12. The third kappa shape index (κ3) is 6.31. The van der Waals surface area contributed by atoms with Gasteiger partial charge in [-0.1, -0.05) is 6.07 Å². The first-order valence-electron chi connectivity index (χ1n) is 6.04. The van der Waals surface area contributed by atoms with Gasteiger partial charge in [0.05, 0.1) is 13.7 Å². The molecular weight excluding hydrogens is 287 g/mol. The van der Waals surface area contributed by atoms with Crippen molar-refractivity contribution in [2.75, 3.05) is 20.7 Å². The first kappa shape index (κ1) is 17.0. The molecule has 0 spiro atoms. The molecular formula is C14H16F3NO3. The fourth-order valence-electron chi connectivity index (χ4n) is 1.85. The fourth-order valence-corrected chi connectivity index (χ4v) is 1.85. The van der Waals surface area contributed by atoms with Crippen LogP contribution in [0, 0.1) is 0 Å². The van der Waals surface area contributed by atoms with Gasteiger partial charge in [-0.05, 0) is 30.8 Å². The summed E-state index contributed by atoms with van der Waals surface area (Å²) in [4.78, 5) is 11.7. The van der Waals surface area contributed by atoms with Gasteiger partial charge in [0.1, 0.15) is 5.75 Å². The lowest BCUT2D eigenvalue weighted by Crippen LogP contribution is -2.30. The molecule has 0 aliphatic rings. The van der Waals surface area contributed by atoms with Gasteiger partial charge in [-0.15, -0.1) is 0 Å². The van der Waals surface area contributed by atoms with E-state index >= 15 is 0 Å². The number of aliphatic carboxylic acids is 1. The van der Waals surface area contributed by atoms with Crippen molar-refractivity contribution in [3.05, 3.63) is 35.4 Å². The summed E-state index contributed by atoms with van der Waals surface area (Å²) in [5.41, 5.74) is 1.13. The van der Waals surface area contributed by atoms with Crippen LogP contribution in [0.25, 0.3) is 6.08 Å². The second-order valence-electron chi connectivity index (χ2n) is 4.54. The predicted molar refractivity (Wildman–Crippen MR) is 72.1 cm³/mol. The molecule has 0 heterocycles. The average Bonchev–Trinajstić information content (AvgIpc) is 2.34. The lowest BCUT2D eigenvalue weighted by atomic mass is 10.1. The zero-order valence-electron chi connectivity index (χ0n) is 11.6. The van der Waals surface area contributed by atoms with Crippen molar-refractivity contribution < 1.29 is 27.8 Å². The number of nitrogens with zero attached hydrogens (tertiary/aromatic N) is 1. The van der Waals surface area contributed by atoms with Gasteiger partial charge in [-0.2, -0.15) is 13.2 Å². The third-order valence-electron chi connectivity index (χ3n) is 2.60. The quantitative estimate of drug-likeness (QED) is 0.821. The normalized spacial score (nSPS) is 12.1. The zero-order valence-corrected chi connectivity index (χ0v) is 11.6. The van der Waals surface area contributed by atoms with Crippen LogP contribution in [0.4, 0.5) is 13.2 Å². The minimum absolute atomic E-state index is 0.0947. The standard InChI is InChI=1S/C14H16F3NO3/c1-18(9-14(15,16)17)8-10-3-5-12(21-2)11(7-10)4-6-13(19)20/h3-7H,8-9H2,1-2H3,(H,19,20). The minimum Gasteiger partial charge on any atom is -0.496 e. The van der Waals surface area contributed by atoms with E-state index in [0.29, 0.717) is 16.9 Å². The number of rotatable bonds is 6. The zero-order chi connectivity index (χ0) is 16.0. The van der Waals surface area contributed by atoms with E-state index in [2.05, 4.69) is 0 Å². The monoisotopic (exact) mass is 303 g/mol. The Morgan fingerprint density at radius 1 is 1.43 bits per heavy atom. The first-order valence-corrected chi connectivity index (χ1v) is 6.04. The van der Waals surface area contributed by atoms with Gasteiger partial charge in [0.2, 0.25) is 0 Å². The lowest BCUT2D eigenvalue weighted by molar-refractivity contribution is -0.144. The summed E-state index contributed by atoms with van der Waals surface area (Å²) < 4.78 is 41.9. The van der Waals surface area contributed by atoms with Crippen LogP contribution in [-0.2, 0) is 11.3 Å². The Balaban J connectivity index is 2.89. The number of carboxylic acid groups (broad SMARTS) is 1. The molecule has 1 aromatic rings. The molecule has 0 bridgehead atoms. The van der Waals surface area contributed by atoms with Gasteiger partial charge in [0.25, 0.3) is 0 Å². The molecule has 0 unspecified atom stereocenters. The molecule has 0 saturated heterocycles. The molecule has 0 saturated carbocycles. The summed E-state index contributed by atoms with van der Waals surface area (Å²) in [6.45, 7) is -0.920. The molecule has 0 fully saturated rings. The van der Waals surface area contributed by atoms with Crippen molar-refractivity contribution in [1.82, 2.24) is 4.90 Å². The number of carbonyl (C=O) groups is 1. The van der Waals surface area contributed by atoms with Crippen LogP contribution in [0.15, 0.2) is 24.3 Å². The maximum Gasteiger partial charge on any atom is 0.401 e. The highest BCUT2D eigenvalue weighted by atomic mass is 19.4. The van der Waals surface area contributed by atoms with E-state index in [-0.39, 0.29) is 6.54 Å². The van der Waals surface area contributed by atoms with Crippen LogP contribution >= 0.6 is 0 Å². The minimum atomic E-state index is -4.26. The van der Waals surface area contributed by atoms with Crippen LogP contribution in [0.2, 0.25) is 0 Å². The maximum absolute atomic E-state index is 12.3. The SMILES string of the molecule is COc1ccc(CN(C)CC(F)(F)F)cc1C=CC(=O)O. The van der Waals surface area contributed by atoms with E-state index in [1.807, 2.05) is 0 Å². The molecule has 0 aromatic heterocycles. The smallest absolute Gasteiger partial charge is 0.401 e. The molecule has 0 radical (unpaired) electrons. The summed E-state index contributed by atoms with van der Waals surface area (Å²) in [5.74, 6) is -0.661. The van der Waals surface area contributed by atoms with Crippen molar-refractivity contribution in [3.8, 4) is 5.75 Å². The highest BCUT2D eigenvalue weighted by Crippen LogP contribution is 2.23. The molecule has 1 N–H and O–H groups in total. The predicted octanol–water partition coefficient (Wildman–Crippen LogP) is 2.79. The first-order chi connectivity index (χ1) is 9.71.